The van der Waals surface area contributed by atoms with Gasteiger partial charge in [0.25, 0.3) is 0 Å². The van der Waals surface area contributed by atoms with Gasteiger partial charge in [0.1, 0.15) is 0 Å². The third-order valence-electron chi connectivity index (χ3n) is 3.42. The van der Waals surface area contributed by atoms with E-state index in [0.717, 1.165) is 30.9 Å². The van der Waals surface area contributed by atoms with Crippen molar-refractivity contribution in [1.29, 1.82) is 0 Å². The van der Waals surface area contributed by atoms with E-state index in [1.807, 2.05) is 19.9 Å². The van der Waals surface area contributed by atoms with Crippen LogP contribution in [0.1, 0.15) is 17.8 Å². The van der Waals surface area contributed by atoms with Crippen LogP contribution in [-0.2, 0) is 0 Å². The van der Waals surface area contributed by atoms with Crippen molar-refractivity contribution in [2.45, 2.75) is 20.3 Å². The van der Waals surface area contributed by atoms with Gasteiger partial charge >= 0.3 is 0 Å². The van der Waals surface area contributed by atoms with Crippen molar-refractivity contribution >= 4 is 23.1 Å². The van der Waals surface area contributed by atoms with E-state index in [0.29, 0.717) is 11.0 Å². The summed E-state index contributed by atoms with van der Waals surface area (Å²) in [6.07, 6.45) is 0.996. The summed E-state index contributed by atoms with van der Waals surface area (Å²) in [4.78, 5) is 10.9. The first-order chi connectivity index (χ1) is 10.1. The highest BCUT2D eigenvalue weighted by atomic mass is 35.5. The van der Waals surface area contributed by atoms with Gasteiger partial charge in [-0.2, -0.15) is 0 Å². The molecule has 5 heteroatoms. The van der Waals surface area contributed by atoms with Crippen LogP contribution in [0.4, 0.5) is 11.5 Å². The number of nitrogens with zero attached hydrogens (tertiary/aromatic N) is 3. The maximum atomic E-state index is 6.09. The zero-order valence-electron chi connectivity index (χ0n) is 12.7. The van der Waals surface area contributed by atoms with E-state index >= 15 is 0 Å². The molecule has 0 saturated carbocycles. The number of benzene rings is 1. The molecule has 1 N–H and O–H groups in total. The van der Waals surface area contributed by atoms with Gasteiger partial charge in [0, 0.05) is 25.8 Å². The van der Waals surface area contributed by atoms with Gasteiger partial charge in [0.15, 0.2) is 11.0 Å². The van der Waals surface area contributed by atoms with Crippen molar-refractivity contribution < 1.29 is 0 Å². The minimum Gasteiger partial charge on any atom is -0.375 e. The Morgan fingerprint density at radius 1 is 1.10 bits per heavy atom. The molecule has 2 aromatic rings. The Hall–Kier alpha value is -1.81. The highest BCUT2D eigenvalue weighted by Gasteiger charge is 2.06. The molecule has 1 aromatic carbocycles. The second-order valence-electron chi connectivity index (χ2n) is 5.07. The second kappa shape index (κ2) is 7.27. The summed E-state index contributed by atoms with van der Waals surface area (Å²) in [5.41, 5.74) is 3.00. The van der Waals surface area contributed by atoms with Gasteiger partial charge in [-0.05, 0) is 32.4 Å². The third-order valence-corrected chi connectivity index (χ3v) is 3.69. The highest BCUT2D eigenvalue weighted by Crippen LogP contribution is 2.18. The summed E-state index contributed by atoms with van der Waals surface area (Å²) in [5, 5.41) is 3.69. The van der Waals surface area contributed by atoms with Gasteiger partial charge in [-0.3, -0.25) is 0 Å². The quantitative estimate of drug-likeness (QED) is 0.827. The molecule has 112 valence electrons. The molecular weight excluding hydrogens is 284 g/mol. The number of hydrogen-bond acceptors (Lipinski definition) is 4. The topological polar surface area (TPSA) is 41.1 Å². The van der Waals surface area contributed by atoms with E-state index in [9.17, 15) is 0 Å². The van der Waals surface area contributed by atoms with Crippen molar-refractivity contribution in [2.75, 3.05) is 30.4 Å². The first-order valence-electron chi connectivity index (χ1n) is 7.08. The number of hydrogen-bond donors (Lipinski definition) is 1. The minimum absolute atomic E-state index is 0.439. The van der Waals surface area contributed by atoms with Crippen LogP contribution in [-0.4, -0.2) is 30.1 Å². The number of rotatable bonds is 6. The average Bonchev–Trinajstić information content (AvgIpc) is 2.49. The Bertz CT molecular complexity index is 586. The van der Waals surface area contributed by atoms with Gasteiger partial charge in [-0.25, -0.2) is 9.97 Å². The largest absolute Gasteiger partial charge is 0.375 e. The number of halogens is 1. The third kappa shape index (κ3) is 4.33. The van der Waals surface area contributed by atoms with Crippen LogP contribution < -0.4 is 10.2 Å². The lowest BCUT2D eigenvalue weighted by molar-refractivity contribution is 0.812. The number of nitrogens with one attached hydrogen (secondary N) is 1. The zero-order valence-corrected chi connectivity index (χ0v) is 13.5. The molecule has 0 atom stereocenters. The summed E-state index contributed by atoms with van der Waals surface area (Å²) in [6.45, 7) is 5.63. The summed E-state index contributed by atoms with van der Waals surface area (Å²) in [6, 6.07) is 10.3. The normalized spacial score (nSPS) is 10.5. The lowest BCUT2D eigenvalue weighted by atomic mass is 10.3. The summed E-state index contributed by atoms with van der Waals surface area (Å²) in [7, 11) is 2.10. The van der Waals surface area contributed by atoms with Crippen LogP contribution in [0.2, 0.25) is 5.15 Å². The van der Waals surface area contributed by atoms with Gasteiger partial charge in [0.05, 0.1) is 11.4 Å². The second-order valence-corrected chi connectivity index (χ2v) is 5.43. The molecule has 21 heavy (non-hydrogen) atoms. The number of para-hydroxylation sites is 1. The smallest absolute Gasteiger partial charge is 0.171 e. The molecule has 0 spiro atoms. The predicted octanol–water partition coefficient (Wildman–Crippen LogP) is 3.69. The summed E-state index contributed by atoms with van der Waals surface area (Å²) in [5.74, 6) is 0.669. The molecule has 0 radical (unpaired) electrons. The minimum atomic E-state index is 0.439. The van der Waals surface area contributed by atoms with Crippen molar-refractivity contribution in [3.05, 3.63) is 46.9 Å². The standard InChI is InChI=1S/C16H21ClN4/c1-12-13(2)20-16(15(17)19-12)18-10-7-11-21(3)14-8-5-4-6-9-14/h4-6,8-9H,7,10-11H2,1-3H3,(H,18,20). The fraction of sp³-hybridized carbons (Fsp3) is 0.375. The molecule has 0 aliphatic carbocycles. The number of anilines is 2. The van der Waals surface area contributed by atoms with Crippen molar-refractivity contribution in [3.8, 4) is 0 Å². The molecule has 0 aliphatic rings. The lowest BCUT2D eigenvalue weighted by Gasteiger charge is -2.19. The number of aryl methyl sites for hydroxylation is 2. The van der Waals surface area contributed by atoms with Gasteiger partial charge in [-0.15, -0.1) is 0 Å². The molecule has 0 saturated heterocycles. The zero-order chi connectivity index (χ0) is 15.2. The van der Waals surface area contributed by atoms with Crippen LogP contribution in [0.15, 0.2) is 30.3 Å². The Morgan fingerprint density at radius 3 is 2.48 bits per heavy atom. The Labute approximate surface area is 131 Å². The summed E-state index contributed by atoms with van der Waals surface area (Å²) >= 11 is 6.09. The van der Waals surface area contributed by atoms with Gasteiger partial charge < -0.3 is 10.2 Å². The van der Waals surface area contributed by atoms with E-state index in [-0.39, 0.29) is 0 Å². The Morgan fingerprint density at radius 2 is 1.76 bits per heavy atom. The van der Waals surface area contributed by atoms with Crippen LogP contribution >= 0.6 is 11.6 Å². The Balaban J connectivity index is 1.81. The highest BCUT2D eigenvalue weighted by molar-refractivity contribution is 6.31. The van der Waals surface area contributed by atoms with Crippen molar-refractivity contribution in [1.82, 2.24) is 9.97 Å². The van der Waals surface area contributed by atoms with Crippen LogP contribution in [0, 0.1) is 13.8 Å². The molecule has 1 heterocycles. The van der Waals surface area contributed by atoms with E-state index in [1.165, 1.54) is 5.69 Å². The summed E-state index contributed by atoms with van der Waals surface area (Å²) < 4.78 is 0. The molecule has 0 unspecified atom stereocenters. The van der Waals surface area contributed by atoms with Crippen LogP contribution in [0.3, 0.4) is 0 Å². The Kier molecular flexibility index (Phi) is 5.39. The molecular formula is C16H21ClN4. The van der Waals surface area contributed by atoms with E-state index < -0.39 is 0 Å². The fourth-order valence-corrected chi connectivity index (χ4v) is 2.26. The average molecular weight is 305 g/mol. The van der Waals surface area contributed by atoms with Gasteiger partial charge in [0.2, 0.25) is 0 Å². The fourth-order valence-electron chi connectivity index (χ4n) is 2.02. The number of aromatic nitrogens is 2. The molecule has 0 bridgehead atoms. The SMILES string of the molecule is Cc1nc(Cl)c(NCCCN(C)c2ccccc2)nc1C. The van der Waals surface area contributed by atoms with Crippen LogP contribution in [0.5, 0.6) is 0 Å². The molecule has 1 aromatic heterocycles. The van der Waals surface area contributed by atoms with Crippen molar-refractivity contribution in [2.24, 2.45) is 0 Å². The lowest BCUT2D eigenvalue weighted by Crippen LogP contribution is -2.21. The molecule has 2 rings (SSSR count). The molecule has 0 aliphatic heterocycles. The van der Waals surface area contributed by atoms with E-state index in [1.54, 1.807) is 0 Å². The monoisotopic (exact) mass is 304 g/mol. The molecule has 0 amide bonds. The maximum absolute atomic E-state index is 6.09. The molecule has 4 nitrogen and oxygen atoms in total. The maximum Gasteiger partial charge on any atom is 0.171 e. The first-order valence-corrected chi connectivity index (χ1v) is 7.46. The first kappa shape index (κ1) is 15.6. The van der Waals surface area contributed by atoms with Crippen LogP contribution in [0.25, 0.3) is 0 Å². The van der Waals surface area contributed by atoms with Gasteiger partial charge in [-0.1, -0.05) is 29.8 Å². The van der Waals surface area contributed by atoms with E-state index in [4.69, 9.17) is 11.6 Å². The predicted molar refractivity (Wildman–Crippen MR) is 89.3 cm³/mol. The van der Waals surface area contributed by atoms with E-state index in [2.05, 4.69) is 51.5 Å². The van der Waals surface area contributed by atoms with Crippen molar-refractivity contribution in [3.63, 3.8) is 0 Å². The molecule has 0 fully saturated rings.